The van der Waals surface area contributed by atoms with Gasteiger partial charge in [0.1, 0.15) is 5.82 Å². The average molecular weight is 357 g/mol. The van der Waals surface area contributed by atoms with Gasteiger partial charge >= 0.3 is 0 Å². The fourth-order valence-electron chi connectivity index (χ4n) is 2.61. The number of hydrogen-bond acceptors (Lipinski definition) is 4. The number of nitrogens with zero attached hydrogens (tertiary/aromatic N) is 3. The molecule has 0 bridgehead atoms. The topological polar surface area (TPSA) is 77.0 Å². The molecule has 1 fully saturated rings. The Hall–Kier alpha value is -1.87. The van der Waals surface area contributed by atoms with Crippen LogP contribution < -0.4 is 14.9 Å². The van der Waals surface area contributed by atoms with Crippen molar-refractivity contribution < 1.29 is 12.8 Å². The first-order valence-electron chi connectivity index (χ1n) is 7.80. The van der Waals surface area contributed by atoms with Crippen molar-refractivity contribution in [3.63, 3.8) is 0 Å². The molecule has 2 N–H and O–H groups in total. The predicted octanol–water partition coefficient (Wildman–Crippen LogP) is 0.0723. The molecule has 0 aliphatic carbocycles. The maximum absolute atomic E-state index is 13.9. The number of para-hydroxylation sites is 1. The first kappa shape index (κ1) is 18.5. The van der Waals surface area contributed by atoms with Crippen LogP contribution in [0.5, 0.6) is 0 Å². The SMILES string of the molecule is CN=C(NCCNS(C)(=O)=O)N1CCN(c2ccccc2F)CC1. The maximum Gasteiger partial charge on any atom is 0.208 e. The zero-order chi connectivity index (χ0) is 17.6. The minimum absolute atomic E-state index is 0.208. The van der Waals surface area contributed by atoms with E-state index in [-0.39, 0.29) is 5.82 Å². The molecule has 1 aromatic rings. The summed E-state index contributed by atoms with van der Waals surface area (Å²) in [6, 6.07) is 6.78. The number of rotatable bonds is 5. The lowest BCUT2D eigenvalue weighted by atomic mass is 10.2. The summed E-state index contributed by atoms with van der Waals surface area (Å²) < 4.78 is 38.3. The van der Waals surface area contributed by atoms with Crippen LogP contribution in [0.4, 0.5) is 10.1 Å². The standard InChI is InChI=1S/C15H24FN5O2S/c1-17-15(18-7-8-19-24(2,22)23)21-11-9-20(10-12-21)14-6-4-3-5-13(14)16/h3-6,19H,7-12H2,1-2H3,(H,17,18). The van der Waals surface area contributed by atoms with Crippen LogP contribution in [0.25, 0.3) is 0 Å². The summed E-state index contributed by atoms with van der Waals surface area (Å²) in [5.41, 5.74) is 0.623. The second-order valence-electron chi connectivity index (χ2n) is 5.57. The van der Waals surface area contributed by atoms with Crippen LogP contribution in [0.15, 0.2) is 29.3 Å². The Kier molecular flexibility index (Phi) is 6.38. The highest BCUT2D eigenvalue weighted by Crippen LogP contribution is 2.20. The van der Waals surface area contributed by atoms with Gasteiger partial charge in [-0.3, -0.25) is 4.99 Å². The van der Waals surface area contributed by atoms with Crippen LogP contribution in [-0.2, 0) is 10.0 Å². The highest BCUT2D eigenvalue weighted by atomic mass is 32.2. The molecule has 1 aromatic carbocycles. The highest BCUT2D eigenvalue weighted by molar-refractivity contribution is 7.88. The predicted molar refractivity (Wildman–Crippen MR) is 94.4 cm³/mol. The van der Waals surface area contributed by atoms with Gasteiger partial charge in [0.25, 0.3) is 0 Å². The van der Waals surface area contributed by atoms with Crippen LogP contribution in [0.3, 0.4) is 0 Å². The zero-order valence-electron chi connectivity index (χ0n) is 14.0. The second-order valence-corrected chi connectivity index (χ2v) is 7.40. The molecule has 1 heterocycles. The number of benzene rings is 1. The lowest BCUT2D eigenvalue weighted by Crippen LogP contribution is -2.53. The van der Waals surface area contributed by atoms with E-state index in [1.807, 2.05) is 11.0 Å². The molecule has 7 nitrogen and oxygen atoms in total. The van der Waals surface area contributed by atoms with Gasteiger partial charge in [-0.2, -0.15) is 0 Å². The normalized spacial score (nSPS) is 16.4. The van der Waals surface area contributed by atoms with Crippen molar-refractivity contribution in [1.29, 1.82) is 0 Å². The summed E-state index contributed by atoms with van der Waals surface area (Å²) in [5.74, 6) is 0.513. The number of sulfonamides is 1. The van der Waals surface area contributed by atoms with Gasteiger partial charge in [0.05, 0.1) is 11.9 Å². The summed E-state index contributed by atoms with van der Waals surface area (Å²) in [7, 11) is -1.49. The van der Waals surface area contributed by atoms with Crippen molar-refractivity contribution in [2.75, 3.05) is 57.5 Å². The summed E-state index contributed by atoms with van der Waals surface area (Å²) in [5, 5.41) is 3.13. The van der Waals surface area contributed by atoms with Crippen molar-refractivity contribution in [3.05, 3.63) is 30.1 Å². The van der Waals surface area contributed by atoms with Crippen LogP contribution >= 0.6 is 0 Å². The van der Waals surface area contributed by atoms with E-state index in [4.69, 9.17) is 0 Å². The molecule has 9 heteroatoms. The van der Waals surface area contributed by atoms with Crippen molar-refractivity contribution in [1.82, 2.24) is 14.9 Å². The number of piperazine rings is 1. The van der Waals surface area contributed by atoms with Crippen LogP contribution in [-0.4, -0.2) is 71.8 Å². The van der Waals surface area contributed by atoms with Gasteiger partial charge in [0.15, 0.2) is 5.96 Å². The third kappa shape index (κ3) is 5.34. The molecular formula is C15H24FN5O2S. The van der Waals surface area contributed by atoms with Gasteiger partial charge in [-0.05, 0) is 12.1 Å². The van der Waals surface area contributed by atoms with Crippen molar-refractivity contribution in [2.24, 2.45) is 4.99 Å². The van der Waals surface area contributed by atoms with Gasteiger partial charge in [0, 0.05) is 46.3 Å². The summed E-state index contributed by atoms with van der Waals surface area (Å²) in [6.07, 6.45) is 1.13. The molecule has 0 unspecified atom stereocenters. The minimum Gasteiger partial charge on any atom is -0.366 e. The molecule has 1 aliphatic heterocycles. The monoisotopic (exact) mass is 357 g/mol. The lowest BCUT2D eigenvalue weighted by molar-refractivity contribution is 0.371. The molecule has 0 amide bonds. The van der Waals surface area contributed by atoms with Gasteiger partial charge in [-0.1, -0.05) is 12.1 Å². The van der Waals surface area contributed by atoms with E-state index < -0.39 is 10.0 Å². The first-order valence-corrected chi connectivity index (χ1v) is 9.69. The van der Waals surface area contributed by atoms with Crippen LogP contribution in [0.2, 0.25) is 0 Å². The molecule has 134 valence electrons. The third-order valence-electron chi connectivity index (χ3n) is 3.76. The molecule has 24 heavy (non-hydrogen) atoms. The van der Waals surface area contributed by atoms with Crippen LogP contribution in [0, 0.1) is 5.82 Å². The molecule has 0 radical (unpaired) electrons. The Morgan fingerprint density at radius 2 is 1.88 bits per heavy atom. The molecule has 0 saturated carbocycles. The highest BCUT2D eigenvalue weighted by Gasteiger charge is 2.21. The zero-order valence-corrected chi connectivity index (χ0v) is 14.8. The smallest absolute Gasteiger partial charge is 0.208 e. The Morgan fingerprint density at radius 1 is 1.21 bits per heavy atom. The molecule has 2 rings (SSSR count). The van der Waals surface area contributed by atoms with E-state index in [0.29, 0.717) is 45.0 Å². The quantitative estimate of drug-likeness (QED) is 0.443. The molecule has 1 saturated heterocycles. The van der Waals surface area contributed by atoms with E-state index >= 15 is 0 Å². The van der Waals surface area contributed by atoms with Crippen molar-refractivity contribution in [2.45, 2.75) is 0 Å². The Labute approximate surface area is 142 Å². The number of nitrogens with one attached hydrogen (secondary N) is 2. The fourth-order valence-corrected chi connectivity index (χ4v) is 3.08. The molecule has 0 atom stereocenters. The van der Waals surface area contributed by atoms with E-state index in [1.54, 1.807) is 19.2 Å². The Balaban J connectivity index is 1.83. The molecule has 1 aliphatic rings. The second kappa shape index (κ2) is 8.29. The van der Waals surface area contributed by atoms with Gasteiger partial charge in [0.2, 0.25) is 10.0 Å². The summed E-state index contributed by atoms with van der Waals surface area (Å²) in [6.45, 7) is 3.58. The Bertz CT molecular complexity index is 672. The lowest BCUT2D eigenvalue weighted by Gasteiger charge is -2.37. The van der Waals surface area contributed by atoms with Crippen molar-refractivity contribution >= 4 is 21.7 Å². The van der Waals surface area contributed by atoms with Gasteiger partial charge < -0.3 is 15.1 Å². The van der Waals surface area contributed by atoms with Crippen LogP contribution in [0.1, 0.15) is 0 Å². The van der Waals surface area contributed by atoms with E-state index in [1.165, 1.54) is 6.07 Å². The average Bonchev–Trinajstić information content (AvgIpc) is 2.55. The molecular weight excluding hydrogens is 333 g/mol. The molecule has 0 aromatic heterocycles. The largest absolute Gasteiger partial charge is 0.366 e. The summed E-state index contributed by atoms with van der Waals surface area (Å²) >= 11 is 0. The van der Waals surface area contributed by atoms with Gasteiger partial charge in [-0.25, -0.2) is 17.5 Å². The van der Waals surface area contributed by atoms with E-state index in [9.17, 15) is 12.8 Å². The number of hydrogen-bond donors (Lipinski definition) is 2. The fraction of sp³-hybridized carbons (Fsp3) is 0.533. The minimum atomic E-state index is -3.18. The third-order valence-corrected chi connectivity index (χ3v) is 4.49. The maximum atomic E-state index is 13.9. The number of anilines is 1. The number of halogens is 1. The van der Waals surface area contributed by atoms with E-state index in [0.717, 1.165) is 12.2 Å². The Morgan fingerprint density at radius 3 is 2.46 bits per heavy atom. The number of aliphatic imine (C=N–C) groups is 1. The van der Waals surface area contributed by atoms with Gasteiger partial charge in [-0.15, -0.1) is 0 Å². The molecule has 0 spiro atoms. The first-order chi connectivity index (χ1) is 11.4. The number of guanidine groups is 1. The summed E-state index contributed by atoms with van der Waals surface area (Å²) in [4.78, 5) is 8.32. The van der Waals surface area contributed by atoms with Crippen molar-refractivity contribution in [3.8, 4) is 0 Å². The van der Waals surface area contributed by atoms with E-state index in [2.05, 4.69) is 19.9 Å².